The Bertz CT molecular complexity index is 507. The maximum Gasteiger partial charge on any atom is 0.237 e. The number of amides is 1. The molecule has 0 fully saturated rings. The van der Waals surface area contributed by atoms with Gasteiger partial charge in [0, 0.05) is 17.8 Å². The Morgan fingerprint density at radius 1 is 1.21 bits per heavy atom. The van der Waals surface area contributed by atoms with Gasteiger partial charge >= 0.3 is 0 Å². The summed E-state index contributed by atoms with van der Waals surface area (Å²) in [5.41, 5.74) is 0.947. The minimum absolute atomic E-state index is 0.107. The average molecular weight is 278 g/mol. The highest BCUT2D eigenvalue weighted by Crippen LogP contribution is 2.19. The third-order valence-electron chi connectivity index (χ3n) is 3.16. The van der Waals surface area contributed by atoms with Crippen molar-refractivity contribution in [3.8, 4) is 0 Å². The topological polar surface area (TPSA) is 37.4 Å². The van der Waals surface area contributed by atoms with E-state index in [1.54, 1.807) is 23.2 Å². The number of carbonyl (C=O) groups is 2. The van der Waals surface area contributed by atoms with Crippen LogP contribution in [-0.4, -0.2) is 23.1 Å². The van der Waals surface area contributed by atoms with Gasteiger partial charge in [0.15, 0.2) is 5.78 Å². The molecule has 1 aromatic carbocycles. The fraction of sp³-hybridized carbons (Fsp3) is 0.333. The molecule has 1 aliphatic heterocycles. The van der Waals surface area contributed by atoms with E-state index in [0.29, 0.717) is 18.0 Å². The number of benzene rings is 1. The number of hydrogen-bond acceptors (Lipinski definition) is 2. The zero-order chi connectivity index (χ0) is 13.8. The monoisotopic (exact) mass is 277 g/mol. The van der Waals surface area contributed by atoms with Gasteiger partial charge in [-0.2, -0.15) is 0 Å². The Morgan fingerprint density at radius 2 is 1.89 bits per heavy atom. The molecule has 0 aromatic heterocycles. The highest BCUT2D eigenvalue weighted by atomic mass is 35.5. The largest absolute Gasteiger partial charge is 0.318 e. The molecule has 1 aromatic rings. The molecule has 0 spiro atoms. The maximum atomic E-state index is 12.2. The van der Waals surface area contributed by atoms with Crippen molar-refractivity contribution in [2.45, 2.75) is 19.8 Å². The van der Waals surface area contributed by atoms with Crippen LogP contribution < -0.4 is 0 Å². The van der Waals surface area contributed by atoms with E-state index in [1.165, 1.54) is 6.08 Å². The Hall–Kier alpha value is -1.61. The van der Waals surface area contributed by atoms with Gasteiger partial charge in [-0.15, -0.1) is 0 Å². The Morgan fingerprint density at radius 3 is 2.53 bits per heavy atom. The summed E-state index contributed by atoms with van der Waals surface area (Å²) in [6.45, 7) is 2.66. The van der Waals surface area contributed by atoms with Crippen LogP contribution in [0.15, 0.2) is 36.5 Å². The number of carbonyl (C=O) groups excluding carboxylic acids is 2. The van der Waals surface area contributed by atoms with E-state index in [0.717, 1.165) is 12.0 Å². The Labute approximate surface area is 117 Å². The Kier molecular flexibility index (Phi) is 4.38. The number of rotatable bonds is 4. The lowest BCUT2D eigenvalue weighted by Crippen LogP contribution is -2.40. The summed E-state index contributed by atoms with van der Waals surface area (Å²) in [5, 5.41) is 0.651. The fourth-order valence-electron chi connectivity index (χ4n) is 2.14. The molecule has 1 heterocycles. The van der Waals surface area contributed by atoms with Crippen molar-refractivity contribution in [3.63, 3.8) is 0 Å². The lowest BCUT2D eigenvalue weighted by Gasteiger charge is -2.26. The van der Waals surface area contributed by atoms with Crippen molar-refractivity contribution in [1.29, 1.82) is 0 Å². The molecule has 1 aliphatic rings. The molecular formula is C15H16ClNO2. The van der Waals surface area contributed by atoms with Crippen LogP contribution in [0.2, 0.25) is 5.02 Å². The van der Waals surface area contributed by atoms with Gasteiger partial charge in [-0.25, -0.2) is 0 Å². The van der Waals surface area contributed by atoms with Crippen molar-refractivity contribution < 1.29 is 9.59 Å². The summed E-state index contributed by atoms with van der Waals surface area (Å²) in [5.74, 6) is -0.825. The van der Waals surface area contributed by atoms with Gasteiger partial charge in [-0.3, -0.25) is 9.59 Å². The predicted octanol–water partition coefficient (Wildman–Crippen LogP) is 2.83. The van der Waals surface area contributed by atoms with Crippen molar-refractivity contribution in [2.75, 3.05) is 6.54 Å². The number of hydrogen-bond donors (Lipinski definition) is 0. The minimum atomic E-state index is -0.599. The van der Waals surface area contributed by atoms with Crippen molar-refractivity contribution >= 4 is 23.3 Å². The smallest absolute Gasteiger partial charge is 0.237 e. The first-order chi connectivity index (χ1) is 9.11. The first-order valence-corrected chi connectivity index (χ1v) is 6.76. The van der Waals surface area contributed by atoms with Gasteiger partial charge in [0.05, 0.1) is 0 Å². The molecule has 0 saturated carbocycles. The molecule has 0 N–H and O–H groups in total. The second-order valence-corrected chi connectivity index (χ2v) is 5.07. The third-order valence-corrected chi connectivity index (χ3v) is 3.41. The van der Waals surface area contributed by atoms with Gasteiger partial charge in [0.25, 0.3) is 0 Å². The van der Waals surface area contributed by atoms with E-state index < -0.39 is 5.92 Å². The Balaban J connectivity index is 2.14. The van der Waals surface area contributed by atoms with E-state index >= 15 is 0 Å². The average Bonchev–Trinajstić information content (AvgIpc) is 2.40. The van der Waals surface area contributed by atoms with Gasteiger partial charge in [0.2, 0.25) is 5.91 Å². The summed E-state index contributed by atoms with van der Waals surface area (Å²) in [6.07, 6.45) is 4.39. The molecule has 0 radical (unpaired) electrons. The van der Waals surface area contributed by atoms with Gasteiger partial charge in [-0.05, 0) is 36.6 Å². The van der Waals surface area contributed by atoms with Crippen molar-refractivity contribution in [3.05, 3.63) is 47.1 Å². The highest BCUT2D eigenvalue weighted by molar-refractivity contribution is 6.30. The zero-order valence-corrected chi connectivity index (χ0v) is 11.6. The van der Waals surface area contributed by atoms with Crippen LogP contribution in [0, 0.1) is 5.92 Å². The van der Waals surface area contributed by atoms with Crippen molar-refractivity contribution in [2.24, 2.45) is 5.92 Å². The SMILES string of the molecule is CCCN1C=CC(=O)C(Cc2ccc(Cl)cc2)C1=O. The van der Waals surface area contributed by atoms with Crippen LogP contribution in [0.3, 0.4) is 0 Å². The molecular weight excluding hydrogens is 262 g/mol. The quantitative estimate of drug-likeness (QED) is 0.794. The molecule has 4 heteroatoms. The van der Waals surface area contributed by atoms with E-state index in [-0.39, 0.29) is 11.7 Å². The highest BCUT2D eigenvalue weighted by Gasteiger charge is 2.31. The number of ketones is 1. The second-order valence-electron chi connectivity index (χ2n) is 4.63. The summed E-state index contributed by atoms with van der Waals surface area (Å²) < 4.78 is 0. The first kappa shape index (κ1) is 13.8. The number of halogens is 1. The molecule has 0 aliphatic carbocycles. The van der Waals surface area contributed by atoms with Gasteiger partial charge < -0.3 is 4.90 Å². The minimum Gasteiger partial charge on any atom is -0.318 e. The number of allylic oxidation sites excluding steroid dienone is 1. The molecule has 2 rings (SSSR count). The van der Waals surface area contributed by atoms with Crippen LogP contribution in [-0.2, 0) is 16.0 Å². The predicted molar refractivity (Wildman–Crippen MR) is 74.8 cm³/mol. The summed E-state index contributed by atoms with van der Waals surface area (Å²) in [6, 6.07) is 7.25. The molecule has 0 bridgehead atoms. The standard InChI is InChI=1S/C15H16ClNO2/c1-2-8-17-9-7-14(18)13(15(17)19)10-11-3-5-12(16)6-4-11/h3-7,9,13H,2,8,10H2,1H3. The zero-order valence-electron chi connectivity index (χ0n) is 10.8. The molecule has 1 amide bonds. The molecule has 1 atom stereocenters. The normalized spacial score (nSPS) is 19.1. The molecule has 3 nitrogen and oxygen atoms in total. The molecule has 19 heavy (non-hydrogen) atoms. The van der Waals surface area contributed by atoms with E-state index in [1.807, 2.05) is 19.1 Å². The molecule has 100 valence electrons. The summed E-state index contributed by atoms with van der Waals surface area (Å²) >= 11 is 5.82. The fourth-order valence-corrected chi connectivity index (χ4v) is 2.27. The van der Waals surface area contributed by atoms with Crippen LogP contribution in [0.25, 0.3) is 0 Å². The van der Waals surface area contributed by atoms with E-state index in [9.17, 15) is 9.59 Å². The second kappa shape index (κ2) is 6.02. The van der Waals surface area contributed by atoms with Gasteiger partial charge in [0.1, 0.15) is 5.92 Å². The lowest BCUT2D eigenvalue weighted by molar-refractivity contribution is -0.139. The van der Waals surface area contributed by atoms with Crippen LogP contribution in [0.4, 0.5) is 0 Å². The van der Waals surface area contributed by atoms with Crippen LogP contribution in [0.5, 0.6) is 0 Å². The summed E-state index contributed by atoms with van der Waals surface area (Å²) in [4.78, 5) is 25.7. The molecule has 0 saturated heterocycles. The first-order valence-electron chi connectivity index (χ1n) is 6.38. The van der Waals surface area contributed by atoms with E-state index in [2.05, 4.69) is 0 Å². The van der Waals surface area contributed by atoms with E-state index in [4.69, 9.17) is 11.6 Å². The van der Waals surface area contributed by atoms with Crippen LogP contribution >= 0.6 is 11.6 Å². The lowest BCUT2D eigenvalue weighted by atomic mass is 9.92. The van der Waals surface area contributed by atoms with Crippen molar-refractivity contribution in [1.82, 2.24) is 4.90 Å². The maximum absolute atomic E-state index is 12.2. The van der Waals surface area contributed by atoms with Crippen LogP contribution in [0.1, 0.15) is 18.9 Å². The summed E-state index contributed by atoms with van der Waals surface area (Å²) in [7, 11) is 0. The third kappa shape index (κ3) is 3.24. The number of nitrogens with zero attached hydrogens (tertiary/aromatic N) is 1. The van der Waals surface area contributed by atoms with Gasteiger partial charge in [-0.1, -0.05) is 30.7 Å². The molecule has 1 unspecified atom stereocenters.